The largest absolute Gasteiger partial charge is 0.544 e. The van der Waals surface area contributed by atoms with Crippen LogP contribution in [-0.4, -0.2) is 8.32 Å². The van der Waals surface area contributed by atoms with Gasteiger partial charge in [-0.25, -0.2) is 0 Å². The Morgan fingerprint density at radius 2 is 1.83 bits per heavy atom. The standard InChI is InChI=1S/C16H30OSi/c1-12(2)14-10-9-13(3)15(11-14)17-18(7,8)16(4,5)6/h9,11-12,14H,10H2,1-8H3/t14-/m1/s1. The molecule has 0 aromatic carbocycles. The van der Waals surface area contributed by atoms with Gasteiger partial charge in [-0.05, 0) is 55.0 Å². The summed E-state index contributed by atoms with van der Waals surface area (Å²) in [4.78, 5) is 0. The van der Waals surface area contributed by atoms with Crippen LogP contribution in [0.5, 0.6) is 0 Å². The minimum Gasteiger partial charge on any atom is -0.544 e. The first-order valence-electron chi connectivity index (χ1n) is 7.12. The Labute approximate surface area is 114 Å². The second-order valence-corrected chi connectivity index (χ2v) is 12.1. The average Bonchev–Trinajstić information content (AvgIpc) is 2.18. The van der Waals surface area contributed by atoms with Crippen molar-refractivity contribution in [1.29, 1.82) is 0 Å². The maximum atomic E-state index is 6.47. The lowest BCUT2D eigenvalue weighted by Gasteiger charge is -2.38. The lowest BCUT2D eigenvalue weighted by atomic mass is 9.87. The summed E-state index contributed by atoms with van der Waals surface area (Å²) in [5.41, 5.74) is 1.32. The van der Waals surface area contributed by atoms with Crippen LogP contribution in [0.25, 0.3) is 0 Å². The number of hydrogen-bond donors (Lipinski definition) is 0. The van der Waals surface area contributed by atoms with Gasteiger partial charge in [-0.3, -0.25) is 0 Å². The van der Waals surface area contributed by atoms with Crippen molar-refractivity contribution >= 4 is 8.32 Å². The molecule has 0 bridgehead atoms. The van der Waals surface area contributed by atoms with Crippen molar-refractivity contribution in [1.82, 2.24) is 0 Å². The normalized spacial score (nSPS) is 21.7. The molecule has 0 heterocycles. The summed E-state index contributed by atoms with van der Waals surface area (Å²) >= 11 is 0. The number of allylic oxidation sites excluding steroid dienone is 3. The second-order valence-electron chi connectivity index (χ2n) is 7.42. The van der Waals surface area contributed by atoms with Crippen LogP contribution >= 0.6 is 0 Å². The fourth-order valence-corrected chi connectivity index (χ4v) is 2.90. The Kier molecular flexibility index (Phi) is 4.53. The maximum absolute atomic E-state index is 6.47. The molecular formula is C16H30OSi. The Morgan fingerprint density at radius 1 is 1.28 bits per heavy atom. The molecule has 2 heteroatoms. The predicted molar refractivity (Wildman–Crippen MR) is 83.1 cm³/mol. The monoisotopic (exact) mass is 266 g/mol. The number of hydrogen-bond acceptors (Lipinski definition) is 1. The highest BCUT2D eigenvalue weighted by molar-refractivity contribution is 6.74. The van der Waals surface area contributed by atoms with Gasteiger partial charge >= 0.3 is 0 Å². The molecule has 0 aromatic rings. The van der Waals surface area contributed by atoms with E-state index in [1.807, 2.05) is 0 Å². The van der Waals surface area contributed by atoms with Crippen molar-refractivity contribution in [3.8, 4) is 0 Å². The highest BCUT2D eigenvalue weighted by Crippen LogP contribution is 2.40. The maximum Gasteiger partial charge on any atom is 0.250 e. The van der Waals surface area contributed by atoms with Crippen molar-refractivity contribution < 1.29 is 4.43 Å². The van der Waals surface area contributed by atoms with E-state index in [9.17, 15) is 0 Å². The van der Waals surface area contributed by atoms with Crippen LogP contribution in [0.1, 0.15) is 48.0 Å². The van der Waals surface area contributed by atoms with Gasteiger partial charge in [0.25, 0.3) is 0 Å². The van der Waals surface area contributed by atoms with Crippen LogP contribution in [0.4, 0.5) is 0 Å². The zero-order chi connectivity index (χ0) is 14.1. The van der Waals surface area contributed by atoms with Gasteiger partial charge in [0.2, 0.25) is 8.32 Å². The molecule has 1 nitrogen and oxygen atoms in total. The molecule has 0 saturated carbocycles. The molecule has 0 unspecified atom stereocenters. The topological polar surface area (TPSA) is 9.23 Å². The van der Waals surface area contributed by atoms with Crippen LogP contribution in [0.2, 0.25) is 18.1 Å². The summed E-state index contributed by atoms with van der Waals surface area (Å²) < 4.78 is 6.47. The molecule has 0 aromatic heterocycles. The fourth-order valence-electron chi connectivity index (χ4n) is 1.81. The first-order chi connectivity index (χ1) is 8.04. The van der Waals surface area contributed by atoms with E-state index in [2.05, 4.69) is 66.8 Å². The molecule has 0 N–H and O–H groups in total. The molecule has 0 saturated heterocycles. The first-order valence-corrected chi connectivity index (χ1v) is 10.0. The Hall–Kier alpha value is -0.503. The Morgan fingerprint density at radius 3 is 2.28 bits per heavy atom. The molecule has 1 rings (SSSR count). The van der Waals surface area contributed by atoms with Crippen LogP contribution in [-0.2, 0) is 4.43 Å². The van der Waals surface area contributed by atoms with E-state index in [-0.39, 0.29) is 5.04 Å². The molecule has 1 atom stereocenters. The molecule has 18 heavy (non-hydrogen) atoms. The van der Waals surface area contributed by atoms with Crippen molar-refractivity contribution in [3.05, 3.63) is 23.5 Å². The molecule has 0 radical (unpaired) electrons. The van der Waals surface area contributed by atoms with Crippen LogP contribution in [0, 0.1) is 11.8 Å². The summed E-state index contributed by atoms with van der Waals surface area (Å²) in [5, 5.41) is 0.263. The minimum atomic E-state index is -1.71. The van der Waals surface area contributed by atoms with Gasteiger partial charge < -0.3 is 4.43 Å². The average molecular weight is 267 g/mol. The van der Waals surface area contributed by atoms with Gasteiger partial charge in [0.15, 0.2) is 0 Å². The van der Waals surface area contributed by atoms with E-state index in [4.69, 9.17) is 4.43 Å². The zero-order valence-corrected chi connectivity index (χ0v) is 14.4. The van der Waals surface area contributed by atoms with E-state index in [1.54, 1.807) is 0 Å². The molecular weight excluding hydrogens is 236 g/mol. The summed E-state index contributed by atoms with van der Waals surface area (Å²) in [6.07, 6.45) is 5.86. The van der Waals surface area contributed by atoms with E-state index in [0.29, 0.717) is 11.8 Å². The number of rotatable bonds is 3. The Balaban J connectivity index is 2.91. The van der Waals surface area contributed by atoms with Gasteiger partial charge in [0.1, 0.15) is 5.76 Å². The van der Waals surface area contributed by atoms with Gasteiger partial charge in [-0.2, -0.15) is 0 Å². The molecule has 0 amide bonds. The van der Waals surface area contributed by atoms with Gasteiger partial charge in [0, 0.05) is 0 Å². The van der Waals surface area contributed by atoms with Gasteiger partial charge in [-0.15, -0.1) is 0 Å². The van der Waals surface area contributed by atoms with Crippen molar-refractivity contribution in [2.75, 3.05) is 0 Å². The van der Waals surface area contributed by atoms with E-state index >= 15 is 0 Å². The zero-order valence-electron chi connectivity index (χ0n) is 13.4. The lowest BCUT2D eigenvalue weighted by Crippen LogP contribution is -2.40. The SMILES string of the molecule is CC1=CC[C@@H](C(C)C)C=C1O[Si](C)(C)C(C)(C)C. The third kappa shape index (κ3) is 3.50. The van der Waals surface area contributed by atoms with E-state index in [0.717, 1.165) is 12.2 Å². The molecule has 0 aliphatic heterocycles. The summed E-state index contributed by atoms with van der Waals surface area (Å²) in [6, 6.07) is 0. The van der Waals surface area contributed by atoms with Gasteiger partial charge in [-0.1, -0.05) is 40.7 Å². The lowest BCUT2D eigenvalue weighted by molar-refractivity contribution is 0.368. The molecule has 0 spiro atoms. The van der Waals surface area contributed by atoms with E-state index < -0.39 is 8.32 Å². The van der Waals surface area contributed by atoms with Crippen LogP contribution < -0.4 is 0 Å². The quantitative estimate of drug-likeness (QED) is 0.612. The first kappa shape index (κ1) is 15.6. The Bertz CT molecular complexity index is 356. The van der Waals surface area contributed by atoms with Crippen LogP contribution in [0.15, 0.2) is 23.5 Å². The summed E-state index contributed by atoms with van der Waals surface area (Å²) in [6.45, 7) is 18.3. The van der Waals surface area contributed by atoms with Crippen molar-refractivity contribution in [3.63, 3.8) is 0 Å². The molecule has 104 valence electrons. The van der Waals surface area contributed by atoms with Crippen LogP contribution in [0.3, 0.4) is 0 Å². The smallest absolute Gasteiger partial charge is 0.250 e. The molecule has 1 aliphatic rings. The van der Waals surface area contributed by atoms with Crippen molar-refractivity contribution in [2.24, 2.45) is 11.8 Å². The third-order valence-corrected chi connectivity index (χ3v) is 8.82. The van der Waals surface area contributed by atoms with Gasteiger partial charge in [0.05, 0.1) is 0 Å². The summed E-state index contributed by atoms with van der Waals surface area (Å²) in [5.74, 6) is 2.47. The molecule has 0 fully saturated rings. The summed E-state index contributed by atoms with van der Waals surface area (Å²) in [7, 11) is -1.71. The second kappa shape index (κ2) is 5.24. The highest BCUT2D eigenvalue weighted by atomic mass is 28.4. The van der Waals surface area contributed by atoms with Crippen molar-refractivity contribution in [2.45, 2.75) is 66.1 Å². The minimum absolute atomic E-state index is 0.263. The molecule has 1 aliphatic carbocycles. The van der Waals surface area contributed by atoms with E-state index in [1.165, 1.54) is 5.57 Å². The fraction of sp³-hybridized carbons (Fsp3) is 0.750. The third-order valence-electron chi connectivity index (χ3n) is 4.48. The highest BCUT2D eigenvalue weighted by Gasteiger charge is 2.39. The predicted octanol–water partition coefficient (Wildman–Crippen LogP) is 5.51.